The molecule has 0 unspecified atom stereocenters. The second-order valence-electron chi connectivity index (χ2n) is 4.68. The van der Waals surface area contributed by atoms with Crippen molar-refractivity contribution in [2.24, 2.45) is 0 Å². The van der Waals surface area contributed by atoms with E-state index < -0.39 is 11.9 Å². The monoisotopic (exact) mass is 360 g/mol. The van der Waals surface area contributed by atoms with Crippen molar-refractivity contribution < 1.29 is 28.7 Å². The van der Waals surface area contributed by atoms with Gasteiger partial charge in [0, 0.05) is 0 Å². The molecule has 2 heterocycles. The molecule has 2 rings (SSSR count). The number of aldehydes is 2. The van der Waals surface area contributed by atoms with Gasteiger partial charge in [-0.3, -0.25) is 14.6 Å². The first kappa shape index (κ1) is 20.5. The summed E-state index contributed by atoms with van der Waals surface area (Å²) in [6.07, 6.45) is 3.63. The minimum Gasteiger partial charge on any atom is -0.464 e. The van der Waals surface area contributed by atoms with Crippen molar-refractivity contribution in [2.45, 2.75) is 13.8 Å². The molecule has 0 amide bonds. The molecule has 0 fully saturated rings. The second kappa shape index (κ2) is 9.67. The van der Waals surface area contributed by atoms with Crippen LogP contribution in [0.5, 0.6) is 0 Å². The van der Waals surface area contributed by atoms with E-state index in [0.717, 1.165) is 0 Å². The fourth-order valence-electron chi connectivity index (χ4n) is 1.66. The van der Waals surface area contributed by atoms with Crippen LogP contribution in [0.1, 0.15) is 53.3 Å². The van der Waals surface area contributed by atoms with Crippen LogP contribution in [-0.4, -0.2) is 58.7 Å². The molecule has 0 N–H and O–H groups in total. The van der Waals surface area contributed by atoms with Crippen LogP contribution in [0.3, 0.4) is 0 Å². The normalized spacial score (nSPS) is 9.38. The van der Waals surface area contributed by atoms with Gasteiger partial charge in [0.05, 0.1) is 38.0 Å². The van der Waals surface area contributed by atoms with Gasteiger partial charge in [-0.2, -0.15) is 0 Å². The van der Waals surface area contributed by atoms with Crippen molar-refractivity contribution >= 4 is 24.5 Å². The van der Waals surface area contributed by atoms with Gasteiger partial charge in [0.2, 0.25) is 0 Å². The van der Waals surface area contributed by atoms with Crippen molar-refractivity contribution in [3.05, 3.63) is 46.6 Å². The van der Waals surface area contributed by atoms with Gasteiger partial charge in [0.15, 0.2) is 24.0 Å². The van der Waals surface area contributed by atoms with Crippen LogP contribution in [0, 0.1) is 13.8 Å². The summed E-state index contributed by atoms with van der Waals surface area (Å²) in [5.41, 5.74) is 1.35. The third kappa shape index (κ3) is 5.23. The van der Waals surface area contributed by atoms with Gasteiger partial charge in [-0.25, -0.2) is 24.5 Å². The third-order valence-corrected chi connectivity index (χ3v) is 2.94. The topological polar surface area (TPSA) is 138 Å². The molecule has 0 aromatic carbocycles. The lowest BCUT2D eigenvalue weighted by molar-refractivity contribution is 0.0583. The summed E-state index contributed by atoms with van der Waals surface area (Å²) in [5, 5.41) is 0. The average molecular weight is 360 g/mol. The predicted octanol–water partition coefficient (Wildman–Crippen LogP) is 0.768. The highest BCUT2D eigenvalue weighted by Gasteiger charge is 2.13. The van der Waals surface area contributed by atoms with E-state index >= 15 is 0 Å². The number of carbonyl (C=O) groups is 4. The summed E-state index contributed by atoms with van der Waals surface area (Å²) in [5.74, 6) is -1.14. The lowest BCUT2D eigenvalue weighted by Gasteiger charge is -2.01. The highest BCUT2D eigenvalue weighted by atomic mass is 16.5. The van der Waals surface area contributed by atoms with E-state index in [-0.39, 0.29) is 22.8 Å². The Labute approximate surface area is 148 Å². The molecule has 0 atom stereocenters. The minimum atomic E-state index is -0.589. The zero-order chi connectivity index (χ0) is 19.7. The van der Waals surface area contributed by atoms with E-state index in [1.165, 1.54) is 26.6 Å². The standard InChI is InChI=1S/2C8H8N2O3/c1-5-7(8(12)13-2)9-3-6(4-11)10-5;1-5-7(8(12)13-2)10-6(4-11)3-9-5/h2*3-4H,1-2H3. The summed E-state index contributed by atoms with van der Waals surface area (Å²) in [7, 11) is 2.51. The molecular weight excluding hydrogens is 344 g/mol. The molecule has 0 saturated heterocycles. The Hall–Kier alpha value is -3.56. The molecule has 0 radical (unpaired) electrons. The predicted molar refractivity (Wildman–Crippen MR) is 87.0 cm³/mol. The summed E-state index contributed by atoms with van der Waals surface area (Å²) >= 11 is 0. The minimum absolute atomic E-state index is 0.0760. The average Bonchev–Trinajstić information content (AvgIpc) is 2.67. The number of rotatable bonds is 4. The van der Waals surface area contributed by atoms with Crippen molar-refractivity contribution in [2.75, 3.05) is 14.2 Å². The van der Waals surface area contributed by atoms with Crippen LogP contribution in [0.4, 0.5) is 0 Å². The van der Waals surface area contributed by atoms with E-state index in [1.807, 2.05) is 0 Å². The van der Waals surface area contributed by atoms with Crippen molar-refractivity contribution in [1.29, 1.82) is 0 Å². The van der Waals surface area contributed by atoms with Crippen LogP contribution in [-0.2, 0) is 9.47 Å². The molecular formula is C16H16N4O6. The lowest BCUT2D eigenvalue weighted by atomic mass is 10.3. The number of aromatic nitrogens is 4. The number of nitrogens with zero attached hydrogens (tertiary/aromatic N) is 4. The Morgan fingerprint density at radius 3 is 1.81 bits per heavy atom. The SMILES string of the molecule is COC(=O)c1nc(C=O)cnc1C.COC(=O)c1ncc(C=O)nc1C. The largest absolute Gasteiger partial charge is 0.464 e. The van der Waals surface area contributed by atoms with E-state index in [0.29, 0.717) is 24.0 Å². The summed E-state index contributed by atoms with van der Waals surface area (Å²) in [4.78, 5) is 57.9. The summed E-state index contributed by atoms with van der Waals surface area (Å²) < 4.78 is 8.92. The van der Waals surface area contributed by atoms with Crippen molar-refractivity contribution in [1.82, 2.24) is 19.9 Å². The smallest absolute Gasteiger partial charge is 0.358 e. The maximum absolute atomic E-state index is 11.1. The Balaban J connectivity index is 0.000000260. The van der Waals surface area contributed by atoms with Gasteiger partial charge in [0.25, 0.3) is 0 Å². The Kier molecular flexibility index (Phi) is 7.62. The number of aryl methyl sites for hydroxylation is 2. The van der Waals surface area contributed by atoms with Crippen molar-refractivity contribution in [3.63, 3.8) is 0 Å². The van der Waals surface area contributed by atoms with Gasteiger partial charge in [-0.15, -0.1) is 0 Å². The van der Waals surface area contributed by atoms with Crippen LogP contribution in [0.25, 0.3) is 0 Å². The van der Waals surface area contributed by atoms with Crippen LogP contribution >= 0.6 is 0 Å². The zero-order valence-corrected chi connectivity index (χ0v) is 14.5. The Morgan fingerprint density at radius 1 is 0.808 bits per heavy atom. The van der Waals surface area contributed by atoms with Crippen molar-refractivity contribution in [3.8, 4) is 0 Å². The lowest BCUT2D eigenvalue weighted by Crippen LogP contribution is -2.09. The van der Waals surface area contributed by atoms with E-state index in [2.05, 4.69) is 29.4 Å². The molecule has 0 aliphatic rings. The Morgan fingerprint density at radius 2 is 1.31 bits per heavy atom. The molecule has 0 spiro atoms. The number of methoxy groups -OCH3 is 2. The fourth-order valence-corrected chi connectivity index (χ4v) is 1.66. The second-order valence-corrected chi connectivity index (χ2v) is 4.68. The molecule has 10 nitrogen and oxygen atoms in total. The van der Waals surface area contributed by atoms with Gasteiger partial charge in [0.1, 0.15) is 11.4 Å². The van der Waals surface area contributed by atoms with Gasteiger partial charge < -0.3 is 9.47 Å². The van der Waals surface area contributed by atoms with Gasteiger partial charge in [-0.05, 0) is 13.8 Å². The molecule has 10 heteroatoms. The molecule has 0 saturated carbocycles. The molecule has 2 aromatic heterocycles. The van der Waals surface area contributed by atoms with Crippen LogP contribution < -0.4 is 0 Å². The highest BCUT2D eigenvalue weighted by Crippen LogP contribution is 2.03. The van der Waals surface area contributed by atoms with Gasteiger partial charge in [-0.1, -0.05) is 0 Å². The molecule has 0 aliphatic carbocycles. The quantitative estimate of drug-likeness (QED) is 0.567. The van der Waals surface area contributed by atoms with E-state index in [4.69, 9.17) is 0 Å². The molecule has 2 aromatic rings. The van der Waals surface area contributed by atoms with Crippen LogP contribution in [0.2, 0.25) is 0 Å². The first-order valence-electron chi connectivity index (χ1n) is 7.12. The molecule has 26 heavy (non-hydrogen) atoms. The van der Waals surface area contributed by atoms with Crippen LogP contribution in [0.15, 0.2) is 12.4 Å². The number of esters is 2. The summed E-state index contributed by atoms with van der Waals surface area (Å²) in [6, 6.07) is 0. The van der Waals surface area contributed by atoms with Gasteiger partial charge >= 0.3 is 11.9 Å². The maximum atomic E-state index is 11.1. The third-order valence-electron chi connectivity index (χ3n) is 2.94. The summed E-state index contributed by atoms with van der Waals surface area (Å²) in [6.45, 7) is 3.21. The highest BCUT2D eigenvalue weighted by molar-refractivity contribution is 5.89. The van der Waals surface area contributed by atoms with E-state index in [9.17, 15) is 19.2 Å². The zero-order valence-electron chi connectivity index (χ0n) is 14.5. The number of ether oxygens (including phenoxy) is 2. The number of hydrogen-bond donors (Lipinski definition) is 0. The Bertz CT molecular complexity index is 837. The maximum Gasteiger partial charge on any atom is 0.358 e. The molecule has 136 valence electrons. The fraction of sp³-hybridized carbons (Fsp3) is 0.250. The molecule has 0 aliphatic heterocycles. The number of hydrogen-bond acceptors (Lipinski definition) is 10. The number of carbonyl (C=O) groups excluding carboxylic acids is 4. The van der Waals surface area contributed by atoms with E-state index in [1.54, 1.807) is 13.8 Å². The molecule has 0 bridgehead atoms. The first-order valence-corrected chi connectivity index (χ1v) is 7.12. The first-order chi connectivity index (χ1) is 12.4.